The third-order valence-corrected chi connectivity index (χ3v) is 14.4. The van der Waals surface area contributed by atoms with E-state index in [-0.39, 0.29) is 0 Å². The van der Waals surface area contributed by atoms with Gasteiger partial charge in [-0.05, 0) is 0 Å². The average Bonchev–Trinajstić information content (AvgIpc) is 2.93. The summed E-state index contributed by atoms with van der Waals surface area (Å²) in [4.78, 5) is 0. The Labute approximate surface area is 236 Å². The highest BCUT2D eigenvalue weighted by molar-refractivity contribution is 6.91. The van der Waals surface area contributed by atoms with Gasteiger partial charge >= 0.3 is 0 Å². The van der Waals surface area contributed by atoms with Gasteiger partial charge in [0.05, 0.1) is 8.07 Å². The van der Waals surface area contributed by atoms with Gasteiger partial charge in [-0.25, -0.2) is 0 Å². The van der Waals surface area contributed by atoms with Gasteiger partial charge in [-0.3, -0.25) is 0 Å². The Morgan fingerprint density at radius 3 is 0.946 bits per heavy atom. The Morgan fingerprint density at radius 1 is 0.351 bits per heavy atom. The lowest BCUT2D eigenvalue weighted by Gasteiger charge is -2.33. The fourth-order valence-electron chi connectivity index (χ4n) is 6.39. The molecule has 0 aliphatic carbocycles. The number of benzene rings is 1. The Kier molecular flexibility index (Phi) is 23.9. The summed E-state index contributed by atoms with van der Waals surface area (Å²) in [5.41, 5.74) is 0. The molecule has 0 amide bonds. The highest BCUT2D eigenvalue weighted by Gasteiger charge is 2.33. The lowest BCUT2D eigenvalue weighted by Crippen LogP contribution is -2.47. The molecule has 0 aliphatic rings. The SMILES string of the molecule is CCCCCCCCCCCC[Si](CCCCCC)(CCCCCCCCCCCC)c1ccccc1. The fourth-order valence-corrected chi connectivity index (χ4v) is 11.7. The molecular weight excluding hydrogens is 460 g/mol. The molecule has 0 nitrogen and oxygen atoms in total. The van der Waals surface area contributed by atoms with E-state index in [1.165, 1.54) is 154 Å². The number of hydrogen-bond acceptors (Lipinski definition) is 0. The van der Waals surface area contributed by atoms with Crippen molar-refractivity contribution in [3.63, 3.8) is 0 Å². The molecule has 216 valence electrons. The van der Waals surface area contributed by atoms with Crippen molar-refractivity contribution in [3.05, 3.63) is 30.3 Å². The van der Waals surface area contributed by atoms with Gasteiger partial charge in [-0.2, -0.15) is 0 Å². The van der Waals surface area contributed by atoms with E-state index in [1.807, 2.05) is 0 Å². The topological polar surface area (TPSA) is 0 Å². The minimum Gasteiger partial charge on any atom is -0.0654 e. The van der Waals surface area contributed by atoms with Crippen LogP contribution in [0.15, 0.2) is 30.3 Å². The minimum absolute atomic E-state index is 1.36. The molecule has 1 aromatic carbocycles. The normalized spacial score (nSPS) is 11.9. The van der Waals surface area contributed by atoms with E-state index in [2.05, 4.69) is 51.1 Å². The average molecular weight is 529 g/mol. The van der Waals surface area contributed by atoms with Crippen molar-refractivity contribution in [3.8, 4) is 0 Å². The molecule has 0 aromatic heterocycles. The van der Waals surface area contributed by atoms with Crippen molar-refractivity contribution in [1.82, 2.24) is 0 Å². The quantitative estimate of drug-likeness (QED) is 0.0749. The summed E-state index contributed by atoms with van der Waals surface area (Å²) in [6.45, 7) is 6.99. The molecule has 1 heteroatoms. The zero-order valence-corrected chi connectivity index (χ0v) is 27.0. The first-order valence-corrected chi connectivity index (χ1v) is 20.0. The van der Waals surface area contributed by atoms with Crippen LogP contribution in [0.2, 0.25) is 18.1 Å². The van der Waals surface area contributed by atoms with Crippen molar-refractivity contribution < 1.29 is 0 Å². The predicted octanol–water partition coefficient (Wildman–Crippen LogP) is 12.8. The van der Waals surface area contributed by atoms with Crippen LogP contribution in [0.4, 0.5) is 0 Å². The maximum Gasteiger partial charge on any atom is 0.0867 e. The Bertz CT molecular complexity index is 541. The lowest BCUT2D eigenvalue weighted by molar-refractivity contribution is 0.558. The van der Waals surface area contributed by atoms with Crippen molar-refractivity contribution >= 4 is 13.3 Å². The molecule has 0 bridgehead atoms. The highest BCUT2D eigenvalue weighted by Crippen LogP contribution is 2.30. The molecular formula is C36H68Si. The van der Waals surface area contributed by atoms with E-state index in [9.17, 15) is 0 Å². The summed E-state index contributed by atoms with van der Waals surface area (Å²) in [6, 6.07) is 16.6. The van der Waals surface area contributed by atoms with E-state index >= 15 is 0 Å². The van der Waals surface area contributed by atoms with Gasteiger partial charge in [0.15, 0.2) is 0 Å². The smallest absolute Gasteiger partial charge is 0.0654 e. The van der Waals surface area contributed by atoms with Crippen LogP contribution in [0.1, 0.15) is 175 Å². The van der Waals surface area contributed by atoms with Gasteiger partial charge in [-0.1, -0.05) is 229 Å². The largest absolute Gasteiger partial charge is 0.0867 e. The molecule has 0 heterocycles. The molecule has 0 aliphatic heterocycles. The van der Waals surface area contributed by atoms with E-state index in [0.717, 1.165) is 0 Å². The monoisotopic (exact) mass is 529 g/mol. The Balaban J connectivity index is 2.52. The van der Waals surface area contributed by atoms with Crippen molar-refractivity contribution in [2.75, 3.05) is 0 Å². The van der Waals surface area contributed by atoms with Gasteiger partial charge in [0, 0.05) is 0 Å². The van der Waals surface area contributed by atoms with Crippen molar-refractivity contribution in [1.29, 1.82) is 0 Å². The molecule has 0 spiro atoms. The molecule has 0 fully saturated rings. The van der Waals surface area contributed by atoms with Crippen LogP contribution in [0.25, 0.3) is 0 Å². The van der Waals surface area contributed by atoms with E-state index in [0.29, 0.717) is 0 Å². The zero-order valence-electron chi connectivity index (χ0n) is 26.0. The molecule has 37 heavy (non-hydrogen) atoms. The number of hydrogen-bond donors (Lipinski definition) is 0. The van der Waals surface area contributed by atoms with Crippen LogP contribution in [0.3, 0.4) is 0 Å². The van der Waals surface area contributed by atoms with E-state index < -0.39 is 8.07 Å². The maximum absolute atomic E-state index is 2.53. The summed E-state index contributed by atoms with van der Waals surface area (Å²) < 4.78 is 0. The van der Waals surface area contributed by atoms with Crippen LogP contribution in [0.5, 0.6) is 0 Å². The van der Waals surface area contributed by atoms with Crippen molar-refractivity contribution in [2.45, 2.75) is 193 Å². The number of rotatable bonds is 28. The van der Waals surface area contributed by atoms with Crippen LogP contribution in [-0.2, 0) is 0 Å². The van der Waals surface area contributed by atoms with Crippen LogP contribution in [-0.4, -0.2) is 8.07 Å². The molecule has 0 saturated carbocycles. The first kappa shape index (κ1) is 34.5. The molecule has 0 unspecified atom stereocenters. The molecule has 1 aromatic rings. The van der Waals surface area contributed by atoms with E-state index in [4.69, 9.17) is 0 Å². The van der Waals surface area contributed by atoms with Crippen molar-refractivity contribution in [2.24, 2.45) is 0 Å². The Hall–Kier alpha value is -0.563. The second-order valence-corrected chi connectivity index (χ2v) is 17.0. The van der Waals surface area contributed by atoms with Gasteiger partial charge in [-0.15, -0.1) is 0 Å². The zero-order chi connectivity index (χ0) is 26.7. The Morgan fingerprint density at radius 2 is 0.622 bits per heavy atom. The fraction of sp³-hybridized carbons (Fsp3) is 0.833. The third-order valence-electron chi connectivity index (χ3n) is 8.91. The standard InChI is InChI=1S/C36H68Si/c1-4-7-10-13-15-17-19-21-23-29-34-37(33-28-12-9-6-3,36-31-26-25-27-32-36)35-30-24-22-20-18-16-14-11-8-5-2/h25-27,31-32H,4-24,28-30,33-35H2,1-3H3. The first-order chi connectivity index (χ1) is 18.3. The molecule has 1 rings (SSSR count). The van der Waals surface area contributed by atoms with Gasteiger partial charge in [0.25, 0.3) is 0 Å². The van der Waals surface area contributed by atoms with Gasteiger partial charge in [0.1, 0.15) is 0 Å². The third kappa shape index (κ3) is 18.4. The predicted molar refractivity (Wildman–Crippen MR) is 174 cm³/mol. The van der Waals surface area contributed by atoms with E-state index in [1.54, 1.807) is 23.3 Å². The summed E-state index contributed by atoms with van der Waals surface area (Å²) in [7, 11) is -1.40. The van der Waals surface area contributed by atoms with Crippen LogP contribution < -0.4 is 5.19 Å². The summed E-state index contributed by atoms with van der Waals surface area (Å²) in [5.74, 6) is 0. The lowest BCUT2D eigenvalue weighted by atomic mass is 10.1. The second-order valence-electron chi connectivity index (χ2n) is 12.3. The molecule has 0 N–H and O–H groups in total. The summed E-state index contributed by atoms with van der Waals surface area (Å²) in [6.07, 6.45) is 34.9. The molecule has 0 atom stereocenters. The maximum atomic E-state index is 2.53. The minimum atomic E-state index is -1.40. The highest BCUT2D eigenvalue weighted by atomic mass is 28.3. The molecule has 0 saturated heterocycles. The number of unbranched alkanes of at least 4 members (excludes halogenated alkanes) is 21. The van der Waals surface area contributed by atoms with Gasteiger partial charge in [0.2, 0.25) is 0 Å². The second kappa shape index (κ2) is 25.7. The van der Waals surface area contributed by atoms with Crippen LogP contribution >= 0.6 is 0 Å². The summed E-state index contributed by atoms with van der Waals surface area (Å²) >= 11 is 0. The summed E-state index contributed by atoms with van der Waals surface area (Å²) in [5, 5.41) is 1.79. The first-order valence-electron chi connectivity index (χ1n) is 17.3. The molecule has 0 radical (unpaired) electrons. The van der Waals surface area contributed by atoms with Crippen LogP contribution in [0, 0.1) is 0 Å². The van der Waals surface area contributed by atoms with Gasteiger partial charge < -0.3 is 0 Å².